The fraction of sp³-hybridized carbons (Fsp3) is 0.750. The van der Waals surface area contributed by atoms with Crippen LogP contribution in [-0.4, -0.2) is 27.5 Å². The van der Waals surface area contributed by atoms with Crippen LogP contribution in [0.25, 0.3) is 0 Å². The van der Waals surface area contributed by atoms with Gasteiger partial charge < -0.3 is 10.4 Å². The molecule has 1 aromatic heterocycles. The van der Waals surface area contributed by atoms with Gasteiger partial charge >= 0.3 is 0 Å². The molecule has 2 N–H and O–H groups in total. The van der Waals surface area contributed by atoms with Gasteiger partial charge in [0.15, 0.2) is 0 Å². The Morgan fingerprint density at radius 3 is 2.62 bits per heavy atom. The summed E-state index contributed by atoms with van der Waals surface area (Å²) in [5, 5.41) is 17.3. The van der Waals surface area contributed by atoms with E-state index in [9.17, 15) is 5.11 Å². The average molecular weight is 225 g/mol. The van der Waals surface area contributed by atoms with Gasteiger partial charge in [-0.2, -0.15) is 5.10 Å². The molecule has 0 aliphatic carbocycles. The molecule has 1 unspecified atom stereocenters. The molecule has 0 amide bonds. The molecule has 1 heterocycles. The first-order chi connectivity index (χ1) is 7.69. The molecule has 0 bridgehead atoms. The van der Waals surface area contributed by atoms with Crippen molar-refractivity contribution in [2.24, 2.45) is 13.0 Å². The number of aliphatic hydroxyl groups is 1. The average Bonchev–Trinajstić information content (AvgIpc) is 2.66. The van der Waals surface area contributed by atoms with Crippen molar-refractivity contribution < 1.29 is 5.11 Å². The molecule has 1 rings (SSSR count). The predicted molar refractivity (Wildman–Crippen MR) is 65.0 cm³/mol. The first kappa shape index (κ1) is 13.2. The Morgan fingerprint density at radius 2 is 2.12 bits per heavy atom. The lowest BCUT2D eigenvalue weighted by Crippen LogP contribution is -2.32. The summed E-state index contributed by atoms with van der Waals surface area (Å²) >= 11 is 0. The third-order valence-corrected chi connectivity index (χ3v) is 3.17. The number of aryl methyl sites for hydroxylation is 1. The predicted octanol–water partition coefficient (Wildman–Crippen LogP) is 1.31. The van der Waals surface area contributed by atoms with Crippen molar-refractivity contribution >= 4 is 0 Å². The second-order valence-electron chi connectivity index (χ2n) is 4.22. The highest BCUT2D eigenvalue weighted by atomic mass is 16.3. The van der Waals surface area contributed by atoms with E-state index in [0.29, 0.717) is 12.5 Å². The Hall–Kier alpha value is -0.870. The van der Waals surface area contributed by atoms with Gasteiger partial charge in [-0.3, -0.25) is 4.68 Å². The van der Waals surface area contributed by atoms with Crippen molar-refractivity contribution in [1.82, 2.24) is 15.1 Å². The minimum Gasteiger partial charge on any atom is -0.392 e. The molecule has 0 saturated heterocycles. The van der Waals surface area contributed by atoms with E-state index in [-0.39, 0.29) is 6.10 Å². The van der Waals surface area contributed by atoms with Crippen LogP contribution in [0.5, 0.6) is 0 Å². The van der Waals surface area contributed by atoms with Crippen LogP contribution in [0.15, 0.2) is 12.3 Å². The zero-order chi connectivity index (χ0) is 12.0. The van der Waals surface area contributed by atoms with Gasteiger partial charge in [0.05, 0.1) is 11.8 Å². The summed E-state index contributed by atoms with van der Waals surface area (Å²) in [5.74, 6) is 0.402. The van der Waals surface area contributed by atoms with Gasteiger partial charge in [0, 0.05) is 26.3 Å². The van der Waals surface area contributed by atoms with Crippen LogP contribution in [0.4, 0.5) is 0 Å². The van der Waals surface area contributed by atoms with E-state index < -0.39 is 0 Å². The largest absolute Gasteiger partial charge is 0.392 e. The molecular formula is C12H23N3O. The zero-order valence-corrected chi connectivity index (χ0v) is 10.5. The fourth-order valence-corrected chi connectivity index (χ4v) is 1.92. The second kappa shape index (κ2) is 6.66. The highest BCUT2D eigenvalue weighted by Gasteiger charge is 2.14. The first-order valence-corrected chi connectivity index (χ1v) is 6.04. The van der Waals surface area contributed by atoms with Gasteiger partial charge in [-0.15, -0.1) is 0 Å². The summed E-state index contributed by atoms with van der Waals surface area (Å²) in [6, 6.07) is 1.98. The summed E-state index contributed by atoms with van der Waals surface area (Å²) in [7, 11) is 1.92. The summed E-state index contributed by atoms with van der Waals surface area (Å²) in [6.45, 7) is 5.66. The van der Waals surface area contributed by atoms with E-state index in [1.54, 1.807) is 6.20 Å². The van der Waals surface area contributed by atoms with Crippen LogP contribution < -0.4 is 5.32 Å². The number of nitrogens with one attached hydrogen (secondary N) is 1. The van der Waals surface area contributed by atoms with E-state index in [0.717, 1.165) is 25.1 Å². The van der Waals surface area contributed by atoms with Crippen LogP contribution >= 0.6 is 0 Å². The zero-order valence-electron chi connectivity index (χ0n) is 10.5. The smallest absolute Gasteiger partial charge is 0.0692 e. The second-order valence-corrected chi connectivity index (χ2v) is 4.22. The molecule has 0 aromatic carbocycles. The normalized spacial score (nSPS) is 13.3. The number of rotatable bonds is 7. The first-order valence-electron chi connectivity index (χ1n) is 6.04. The van der Waals surface area contributed by atoms with Crippen LogP contribution in [0, 0.1) is 5.92 Å². The van der Waals surface area contributed by atoms with E-state index in [4.69, 9.17) is 0 Å². The Bertz CT molecular complexity index is 294. The third-order valence-electron chi connectivity index (χ3n) is 3.17. The van der Waals surface area contributed by atoms with E-state index in [1.807, 2.05) is 17.8 Å². The maximum absolute atomic E-state index is 9.92. The molecule has 0 aliphatic heterocycles. The van der Waals surface area contributed by atoms with E-state index in [1.165, 1.54) is 0 Å². The lowest BCUT2D eigenvalue weighted by atomic mass is 9.96. The van der Waals surface area contributed by atoms with Crippen molar-refractivity contribution in [3.05, 3.63) is 18.0 Å². The van der Waals surface area contributed by atoms with Crippen LogP contribution in [0.2, 0.25) is 0 Å². The number of aliphatic hydroxyl groups excluding tert-OH is 1. The molecule has 92 valence electrons. The highest BCUT2D eigenvalue weighted by molar-refractivity contribution is 4.99. The summed E-state index contributed by atoms with van der Waals surface area (Å²) in [4.78, 5) is 0. The van der Waals surface area contributed by atoms with Gasteiger partial charge in [0.25, 0.3) is 0 Å². The summed E-state index contributed by atoms with van der Waals surface area (Å²) in [5.41, 5.74) is 1.14. The Morgan fingerprint density at radius 1 is 1.44 bits per heavy atom. The summed E-state index contributed by atoms with van der Waals surface area (Å²) in [6.07, 6.45) is 3.60. The summed E-state index contributed by atoms with van der Waals surface area (Å²) < 4.78 is 1.84. The van der Waals surface area contributed by atoms with Crippen molar-refractivity contribution in [2.45, 2.75) is 39.3 Å². The molecular weight excluding hydrogens is 202 g/mol. The lowest BCUT2D eigenvalue weighted by molar-refractivity contribution is 0.101. The third kappa shape index (κ3) is 3.61. The molecule has 1 atom stereocenters. The van der Waals surface area contributed by atoms with Crippen LogP contribution in [0.1, 0.15) is 32.4 Å². The van der Waals surface area contributed by atoms with Crippen molar-refractivity contribution in [3.8, 4) is 0 Å². The van der Waals surface area contributed by atoms with Gasteiger partial charge in [0.2, 0.25) is 0 Å². The highest BCUT2D eigenvalue weighted by Crippen LogP contribution is 2.12. The minimum atomic E-state index is -0.247. The van der Waals surface area contributed by atoms with Crippen molar-refractivity contribution in [3.63, 3.8) is 0 Å². The van der Waals surface area contributed by atoms with Crippen LogP contribution in [-0.2, 0) is 13.6 Å². The number of aromatic nitrogens is 2. The Kier molecular flexibility index (Phi) is 5.49. The maximum atomic E-state index is 9.92. The van der Waals surface area contributed by atoms with Crippen LogP contribution in [0.3, 0.4) is 0 Å². The van der Waals surface area contributed by atoms with Gasteiger partial charge in [-0.25, -0.2) is 0 Å². The van der Waals surface area contributed by atoms with Gasteiger partial charge in [-0.1, -0.05) is 26.7 Å². The number of hydrogen-bond acceptors (Lipinski definition) is 3. The topological polar surface area (TPSA) is 50.1 Å². The SMILES string of the molecule is CCC(CC)C(O)CNCc1ccnn1C. The van der Waals surface area contributed by atoms with E-state index in [2.05, 4.69) is 24.3 Å². The molecule has 0 aliphatic rings. The molecule has 16 heavy (non-hydrogen) atoms. The maximum Gasteiger partial charge on any atom is 0.0692 e. The number of nitrogens with zero attached hydrogens (tertiary/aromatic N) is 2. The quantitative estimate of drug-likeness (QED) is 0.735. The Labute approximate surface area is 97.7 Å². The molecule has 0 saturated carbocycles. The Balaban J connectivity index is 2.27. The fourth-order valence-electron chi connectivity index (χ4n) is 1.92. The lowest BCUT2D eigenvalue weighted by Gasteiger charge is -2.20. The molecule has 0 radical (unpaired) electrons. The van der Waals surface area contributed by atoms with E-state index >= 15 is 0 Å². The standard InChI is InChI=1S/C12H23N3O/c1-4-10(5-2)12(16)9-13-8-11-6-7-14-15(11)3/h6-7,10,12-13,16H,4-5,8-9H2,1-3H3. The van der Waals surface area contributed by atoms with Gasteiger partial charge in [0.1, 0.15) is 0 Å². The molecule has 4 heteroatoms. The van der Waals surface area contributed by atoms with Gasteiger partial charge in [-0.05, 0) is 12.0 Å². The monoisotopic (exact) mass is 225 g/mol. The number of hydrogen-bond donors (Lipinski definition) is 2. The molecule has 1 aromatic rings. The van der Waals surface area contributed by atoms with Crippen molar-refractivity contribution in [2.75, 3.05) is 6.54 Å². The molecule has 0 fully saturated rings. The minimum absolute atomic E-state index is 0.247. The molecule has 0 spiro atoms. The molecule has 4 nitrogen and oxygen atoms in total. The van der Waals surface area contributed by atoms with Crippen molar-refractivity contribution in [1.29, 1.82) is 0 Å².